The van der Waals surface area contributed by atoms with Crippen molar-refractivity contribution in [3.63, 3.8) is 0 Å². The molecule has 4 rings (SSSR count). The fourth-order valence-corrected chi connectivity index (χ4v) is 7.09. The first kappa shape index (κ1) is 30.8. The van der Waals surface area contributed by atoms with Gasteiger partial charge in [0.05, 0.1) is 23.2 Å². The zero-order valence-electron chi connectivity index (χ0n) is 24.7. The lowest BCUT2D eigenvalue weighted by Gasteiger charge is -2.55. The number of hydrogen-bond acceptors (Lipinski definition) is 8. The number of phenols is 1. The number of aromatic hydroxyl groups is 1. The summed E-state index contributed by atoms with van der Waals surface area (Å²) >= 11 is 0. The molecular formula is C30H40FN3O7. The van der Waals surface area contributed by atoms with Crippen molar-refractivity contribution in [3.8, 4) is 5.75 Å². The number of phenolic OH excluding ortho intramolecular Hbond substituents is 1. The monoisotopic (exact) mass is 573 g/mol. The second kappa shape index (κ2) is 10.6. The van der Waals surface area contributed by atoms with Crippen molar-refractivity contribution >= 4 is 34.9 Å². The molecule has 0 aromatic heterocycles. The number of nitrogens with one attached hydrogen (secondary N) is 1. The number of carbonyl (C=O) groups is 5. The Labute approximate surface area is 239 Å². The molecule has 4 N–H and O–H groups in total. The maximum Gasteiger partial charge on any atom is 0.229 e. The Balaban J connectivity index is 1.89. The number of amides is 2. The molecule has 224 valence electrons. The second-order valence-corrected chi connectivity index (χ2v) is 12.9. The molecule has 10 nitrogen and oxygen atoms in total. The number of benzene rings is 1. The number of hydrogen-bond donors (Lipinski definition) is 3. The first-order valence-corrected chi connectivity index (χ1v) is 14.0. The van der Waals surface area contributed by atoms with Crippen LogP contribution < -0.4 is 11.1 Å². The third-order valence-electron chi connectivity index (χ3n) is 9.14. The van der Waals surface area contributed by atoms with Crippen molar-refractivity contribution in [2.75, 3.05) is 26.5 Å². The molecule has 0 aliphatic heterocycles. The second-order valence-electron chi connectivity index (χ2n) is 12.9. The molecule has 0 heterocycles. The molecule has 3 aliphatic carbocycles. The lowest BCUT2D eigenvalue weighted by atomic mass is 9.52. The van der Waals surface area contributed by atoms with Crippen LogP contribution >= 0.6 is 0 Å². The number of carbonyl (C=O) groups excluding carboxylic acids is 5. The van der Waals surface area contributed by atoms with Gasteiger partial charge in [-0.3, -0.25) is 28.9 Å². The quantitative estimate of drug-likeness (QED) is 0.346. The van der Waals surface area contributed by atoms with E-state index < -0.39 is 81.5 Å². The minimum absolute atomic E-state index is 0.00206. The molecule has 3 aliphatic rings. The van der Waals surface area contributed by atoms with E-state index in [1.165, 1.54) is 7.11 Å². The van der Waals surface area contributed by atoms with E-state index in [0.29, 0.717) is 6.42 Å². The summed E-state index contributed by atoms with van der Waals surface area (Å²) in [6.07, 6.45) is 0.580. The molecule has 6 unspecified atom stereocenters. The van der Waals surface area contributed by atoms with Gasteiger partial charge in [0, 0.05) is 36.0 Å². The summed E-state index contributed by atoms with van der Waals surface area (Å²) in [7, 11) is 4.63. The van der Waals surface area contributed by atoms with Crippen LogP contribution in [0.5, 0.6) is 5.75 Å². The third kappa shape index (κ3) is 4.67. The van der Waals surface area contributed by atoms with Crippen molar-refractivity contribution in [2.24, 2.45) is 34.8 Å². The topological polar surface area (TPSA) is 156 Å². The highest BCUT2D eigenvalue weighted by molar-refractivity contribution is 6.18. The Morgan fingerprint density at radius 3 is 2.37 bits per heavy atom. The Morgan fingerprint density at radius 2 is 1.85 bits per heavy atom. The fraction of sp³-hybridized carbons (Fsp3) is 0.633. The van der Waals surface area contributed by atoms with E-state index in [9.17, 15) is 29.1 Å². The van der Waals surface area contributed by atoms with Crippen LogP contribution in [0.4, 0.5) is 10.1 Å². The molecule has 0 spiro atoms. The van der Waals surface area contributed by atoms with Gasteiger partial charge in [-0.1, -0.05) is 34.1 Å². The van der Waals surface area contributed by atoms with Gasteiger partial charge in [0.15, 0.2) is 23.1 Å². The molecule has 6 atom stereocenters. The number of ether oxygens (including phenoxy) is 1. The van der Waals surface area contributed by atoms with Crippen molar-refractivity contribution in [1.82, 2.24) is 4.90 Å². The van der Waals surface area contributed by atoms with Gasteiger partial charge < -0.3 is 20.9 Å². The minimum Gasteiger partial charge on any atom is -0.505 e. The highest BCUT2D eigenvalue weighted by atomic mass is 19.1. The number of fused-ring (bicyclic) bond motifs is 3. The van der Waals surface area contributed by atoms with Gasteiger partial charge >= 0.3 is 0 Å². The Bertz CT molecular complexity index is 1330. The zero-order chi connectivity index (χ0) is 30.8. The molecular weight excluding hydrogens is 533 g/mol. The van der Waals surface area contributed by atoms with Gasteiger partial charge in [-0.05, 0) is 39.3 Å². The summed E-state index contributed by atoms with van der Waals surface area (Å²) in [6, 6.07) is -0.883. The van der Waals surface area contributed by atoms with E-state index in [0.717, 1.165) is 0 Å². The Morgan fingerprint density at radius 1 is 1.22 bits per heavy atom. The van der Waals surface area contributed by atoms with Crippen molar-refractivity contribution in [1.29, 1.82) is 0 Å². The number of nitrogens with two attached hydrogens (primary N) is 1. The Hall–Kier alpha value is -3.18. The minimum atomic E-state index is -1.66. The molecule has 11 heteroatoms. The van der Waals surface area contributed by atoms with Crippen LogP contribution in [0.25, 0.3) is 0 Å². The van der Waals surface area contributed by atoms with E-state index in [4.69, 9.17) is 10.5 Å². The summed E-state index contributed by atoms with van der Waals surface area (Å²) in [5.41, 5.74) is 2.65. The molecule has 0 saturated heterocycles. The molecule has 1 aromatic carbocycles. The molecule has 2 saturated carbocycles. The maximum atomic E-state index is 16.2. The van der Waals surface area contributed by atoms with Gasteiger partial charge in [-0.2, -0.15) is 0 Å². The maximum absolute atomic E-state index is 16.2. The highest BCUT2D eigenvalue weighted by Gasteiger charge is 2.66. The van der Waals surface area contributed by atoms with Crippen molar-refractivity contribution in [3.05, 3.63) is 22.5 Å². The summed E-state index contributed by atoms with van der Waals surface area (Å²) in [5, 5.41) is 14.0. The lowest BCUT2D eigenvalue weighted by molar-refractivity contribution is -0.182. The fourth-order valence-electron chi connectivity index (χ4n) is 7.09. The van der Waals surface area contributed by atoms with E-state index in [2.05, 4.69) is 5.32 Å². The Kier molecular flexibility index (Phi) is 7.94. The summed E-state index contributed by atoms with van der Waals surface area (Å²) < 4.78 is 22.0. The van der Waals surface area contributed by atoms with Crippen LogP contribution in [-0.4, -0.2) is 72.0 Å². The molecule has 0 bridgehead atoms. The van der Waals surface area contributed by atoms with Crippen LogP contribution in [0.15, 0.2) is 0 Å². The van der Waals surface area contributed by atoms with Gasteiger partial charge in [-0.25, -0.2) is 4.39 Å². The van der Waals surface area contributed by atoms with Crippen LogP contribution in [0.1, 0.15) is 68.4 Å². The first-order valence-electron chi connectivity index (χ1n) is 14.0. The number of methoxy groups -OCH3 is 1. The van der Waals surface area contributed by atoms with E-state index in [1.54, 1.807) is 39.8 Å². The number of ketones is 3. The SMILES string of the molecule is CCCc1c(F)c2c(c(O)c1NC(=O)C(C)(C)C)C(=O)C1C(=O)C3(OC)CC(C(N)=O)C(=O)C(N(C)C)C3CC1C2. The summed E-state index contributed by atoms with van der Waals surface area (Å²) in [5.74, 6) is -8.34. The average molecular weight is 574 g/mol. The largest absolute Gasteiger partial charge is 0.505 e. The van der Waals surface area contributed by atoms with E-state index >= 15 is 4.39 Å². The third-order valence-corrected chi connectivity index (χ3v) is 9.14. The first-order chi connectivity index (χ1) is 19.0. The predicted molar refractivity (Wildman–Crippen MR) is 148 cm³/mol. The van der Waals surface area contributed by atoms with Gasteiger partial charge in [-0.15, -0.1) is 0 Å². The van der Waals surface area contributed by atoms with E-state index in [-0.39, 0.29) is 48.1 Å². The molecule has 41 heavy (non-hydrogen) atoms. The van der Waals surface area contributed by atoms with Crippen LogP contribution in [0.2, 0.25) is 0 Å². The standard InChI is InChI=1S/C30H40FN3O7/c1-8-9-14-20(31)15-10-13-11-17-22(34(5)6)23(35)16(27(32)39)12-30(17,41-7)26(38)18(13)24(36)19(15)25(37)21(14)33-28(40)29(2,3)4/h13,16-18,22,37H,8-12H2,1-7H3,(H2,32,39)(H,33,40). The number of anilines is 1. The highest BCUT2D eigenvalue weighted by Crippen LogP contribution is 2.54. The number of nitrogens with zero attached hydrogens (tertiary/aromatic N) is 1. The number of Topliss-reactive ketones (excluding diaryl/α,β-unsaturated/α-hetero) is 3. The smallest absolute Gasteiger partial charge is 0.229 e. The number of halogens is 1. The summed E-state index contributed by atoms with van der Waals surface area (Å²) in [4.78, 5) is 68.5. The van der Waals surface area contributed by atoms with Gasteiger partial charge in [0.2, 0.25) is 11.8 Å². The molecule has 1 aromatic rings. The number of rotatable bonds is 6. The molecule has 0 radical (unpaired) electrons. The van der Waals surface area contributed by atoms with Crippen molar-refractivity contribution in [2.45, 2.75) is 71.4 Å². The molecule has 2 amide bonds. The summed E-state index contributed by atoms with van der Waals surface area (Å²) in [6.45, 7) is 6.83. The van der Waals surface area contributed by atoms with Crippen LogP contribution in [-0.2, 0) is 36.8 Å². The van der Waals surface area contributed by atoms with E-state index in [1.807, 2.05) is 6.92 Å². The number of primary amides is 1. The van der Waals surface area contributed by atoms with Crippen LogP contribution in [0.3, 0.4) is 0 Å². The number of likely N-dealkylation sites (N-methyl/N-ethyl adjacent to an activating group) is 1. The lowest BCUT2D eigenvalue weighted by Crippen LogP contribution is -2.70. The zero-order valence-corrected chi connectivity index (χ0v) is 24.7. The van der Waals surface area contributed by atoms with Gasteiger partial charge in [0.25, 0.3) is 0 Å². The normalized spacial score (nSPS) is 29.6. The molecule has 2 fully saturated rings. The predicted octanol–water partition coefficient (Wildman–Crippen LogP) is 2.42. The van der Waals surface area contributed by atoms with Gasteiger partial charge in [0.1, 0.15) is 17.3 Å². The average Bonchev–Trinajstić information content (AvgIpc) is 2.87. The van der Waals surface area contributed by atoms with Crippen LogP contribution in [0, 0.1) is 34.9 Å². The van der Waals surface area contributed by atoms with Crippen molar-refractivity contribution < 1.29 is 38.2 Å².